The third-order valence-electron chi connectivity index (χ3n) is 2.99. The van der Waals surface area contributed by atoms with E-state index >= 15 is 0 Å². The lowest BCUT2D eigenvalue weighted by molar-refractivity contribution is -0.141. The summed E-state index contributed by atoms with van der Waals surface area (Å²) in [5.41, 5.74) is 0.903. The van der Waals surface area contributed by atoms with Gasteiger partial charge in [-0.1, -0.05) is 0 Å². The number of hydrogen-bond acceptors (Lipinski definition) is 6. The van der Waals surface area contributed by atoms with Crippen LogP contribution in [-0.2, 0) is 6.18 Å². The van der Waals surface area contributed by atoms with Gasteiger partial charge >= 0.3 is 6.18 Å². The lowest BCUT2D eigenvalue weighted by Gasteiger charge is -2.16. The number of halogens is 3. The van der Waals surface area contributed by atoms with Gasteiger partial charge in [-0.25, -0.2) is 10.8 Å². The number of nitrogens with two attached hydrogens (primary N) is 1. The molecule has 0 unspecified atom stereocenters. The fourth-order valence-electron chi connectivity index (χ4n) is 1.70. The largest absolute Gasteiger partial charge is 0.476 e. The second-order valence-electron chi connectivity index (χ2n) is 4.62. The van der Waals surface area contributed by atoms with Crippen molar-refractivity contribution in [1.82, 2.24) is 14.9 Å². The Bertz CT molecular complexity index is 464. The van der Waals surface area contributed by atoms with E-state index in [1.807, 2.05) is 12.5 Å². The van der Waals surface area contributed by atoms with Crippen LogP contribution in [0.2, 0.25) is 0 Å². The molecule has 0 atom stereocenters. The van der Waals surface area contributed by atoms with Crippen LogP contribution in [0.4, 0.5) is 19.1 Å². The molecule has 0 aromatic carbocycles. The van der Waals surface area contributed by atoms with Gasteiger partial charge in [0.05, 0.1) is 0 Å². The number of alkyl halides is 3. The van der Waals surface area contributed by atoms with Gasteiger partial charge in [-0.2, -0.15) is 18.2 Å². The van der Waals surface area contributed by atoms with Gasteiger partial charge in [-0.05, 0) is 19.9 Å². The third-order valence-corrected chi connectivity index (χ3v) is 2.99. The summed E-state index contributed by atoms with van der Waals surface area (Å²) in [6.45, 7) is 0.882. The highest BCUT2D eigenvalue weighted by atomic mass is 19.4. The lowest BCUT2D eigenvalue weighted by Crippen LogP contribution is -2.26. The van der Waals surface area contributed by atoms with Crippen LogP contribution in [0.15, 0.2) is 6.07 Å². The molecular weight excluding hydrogens is 275 g/mol. The van der Waals surface area contributed by atoms with Crippen LogP contribution in [0, 0.1) is 0 Å². The van der Waals surface area contributed by atoms with Crippen LogP contribution < -0.4 is 16.0 Å². The Balaban J connectivity index is 1.98. The van der Waals surface area contributed by atoms with Crippen molar-refractivity contribution in [3.63, 3.8) is 0 Å². The van der Waals surface area contributed by atoms with Gasteiger partial charge in [-0.15, -0.1) is 0 Å². The number of ether oxygens (including phenoxy) is 1. The number of nitrogen functional groups attached to an aromatic ring is 1. The zero-order chi connectivity index (χ0) is 14.8. The lowest BCUT2D eigenvalue weighted by atomic mass is 10.4. The molecule has 1 aromatic heterocycles. The Hall–Kier alpha value is -1.61. The SMILES string of the molecule is CN(CCOc1cc(C(F)(F)F)nc(NN)n1)C1CC1. The molecular formula is C11H16F3N5O. The van der Waals surface area contributed by atoms with Crippen molar-refractivity contribution in [2.75, 3.05) is 25.6 Å². The maximum atomic E-state index is 12.6. The van der Waals surface area contributed by atoms with Crippen molar-refractivity contribution in [1.29, 1.82) is 0 Å². The first-order valence-corrected chi connectivity index (χ1v) is 6.16. The summed E-state index contributed by atoms with van der Waals surface area (Å²) in [7, 11) is 1.95. The number of nitrogens with zero attached hydrogens (tertiary/aromatic N) is 3. The Morgan fingerprint density at radius 1 is 1.45 bits per heavy atom. The summed E-state index contributed by atoms with van der Waals surface area (Å²) < 4.78 is 43.1. The maximum Gasteiger partial charge on any atom is 0.433 e. The van der Waals surface area contributed by atoms with Gasteiger partial charge in [0, 0.05) is 18.7 Å². The van der Waals surface area contributed by atoms with E-state index in [0.29, 0.717) is 12.6 Å². The Kier molecular flexibility index (Phi) is 4.29. The smallest absolute Gasteiger partial charge is 0.433 e. The van der Waals surface area contributed by atoms with Crippen molar-refractivity contribution in [3.05, 3.63) is 11.8 Å². The Morgan fingerprint density at radius 2 is 2.15 bits per heavy atom. The maximum absolute atomic E-state index is 12.6. The summed E-state index contributed by atoms with van der Waals surface area (Å²) in [5, 5.41) is 0. The third kappa shape index (κ3) is 3.94. The predicted octanol–water partition coefficient (Wildman–Crippen LogP) is 1.25. The quantitative estimate of drug-likeness (QED) is 0.607. The van der Waals surface area contributed by atoms with E-state index in [9.17, 15) is 13.2 Å². The fourth-order valence-corrected chi connectivity index (χ4v) is 1.70. The van der Waals surface area contributed by atoms with Crippen LogP contribution in [0.1, 0.15) is 18.5 Å². The molecule has 0 amide bonds. The zero-order valence-corrected chi connectivity index (χ0v) is 10.9. The molecule has 1 saturated carbocycles. The molecule has 0 aliphatic heterocycles. The highest BCUT2D eigenvalue weighted by molar-refractivity contribution is 5.30. The van der Waals surface area contributed by atoms with Crippen LogP contribution in [0.25, 0.3) is 0 Å². The second kappa shape index (κ2) is 5.80. The minimum atomic E-state index is -4.57. The number of nitrogens with one attached hydrogen (secondary N) is 1. The molecule has 1 fully saturated rings. The second-order valence-corrected chi connectivity index (χ2v) is 4.62. The average molecular weight is 291 g/mol. The number of hydrogen-bond donors (Lipinski definition) is 2. The number of rotatable bonds is 6. The summed E-state index contributed by atoms with van der Waals surface area (Å²) in [6, 6.07) is 1.33. The molecule has 0 bridgehead atoms. The van der Waals surface area contributed by atoms with E-state index < -0.39 is 11.9 Å². The summed E-state index contributed by atoms with van der Waals surface area (Å²) in [5.74, 6) is 4.57. The van der Waals surface area contributed by atoms with Gasteiger partial charge in [0.2, 0.25) is 11.8 Å². The first-order chi connectivity index (χ1) is 9.40. The fraction of sp³-hybridized carbons (Fsp3) is 0.636. The normalized spacial score (nSPS) is 15.5. The average Bonchev–Trinajstić information content (AvgIpc) is 3.21. The van der Waals surface area contributed by atoms with E-state index in [1.165, 1.54) is 0 Å². The molecule has 20 heavy (non-hydrogen) atoms. The molecule has 1 aliphatic rings. The Morgan fingerprint density at radius 3 is 2.70 bits per heavy atom. The molecule has 9 heteroatoms. The highest BCUT2D eigenvalue weighted by Gasteiger charge is 2.34. The minimum absolute atomic E-state index is 0.149. The highest BCUT2D eigenvalue weighted by Crippen LogP contribution is 2.30. The van der Waals surface area contributed by atoms with Crippen molar-refractivity contribution in [2.24, 2.45) is 5.84 Å². The molecule has 0 saturated heterocycles. The van der Waals surface area contributed by atoms with Gasteiger partial charge in [0.1, 0.15) is 6.61 Å². The van der Waals surface area contributed by atoms with E-state index in [-0.39, 0.29) is 18.4 Å². The van der Waals surface area contributed by atoms with E-state index in [2.05, 4.69) is 14.9 Å². The van der Waals surface area contributed by atoms with Crippen LogP contribution >= 0.6 is 0 Å². The number of likely N-dealkylation sites (N-methyl/N-ethyl adjacent to an activating group) is 1. The number of hydrazine groups is 1. The molecule has 1 heterocycles. The monoisotopic (exact) mass is 291 g/mol. The van der Waals surface area contributed by atoms with Gasteiger partial charge < -0.3 is 9.64 Å². The first kappa shape index (κ1) is 14.8. The van der Waals surface area contributed by atoms with Crippen molar-refractivity contribution in [3.8, 4) is 5.88 Å². The first-order valence-electron chi connectivity index (χ1n) is 6.16. The van der Waals surface area contributed by atoms with Gasteiger partial charge in [0.25, 0.3) is 0 Å². The molecule has 1 aromatic rings. The summed E-state index contributed by atoms with van der Waals surface area (Å²) in [4.78, 5) is 9.08. The van der Waals surface area contributed by atoms with Crippen molar-refractivity contribution in [2.45, 2.75) is 25.1 Å². The molecule has 0 radical (unpaired) electrons. The van der Waals surface area contributed by atoms with E-state index in [4.69, 9.17) is 10.6 Å². The molecule has 3 N–H and O–H groups in total. The van der Waals surface area contributed by atoms with Crippen molar-refractivity contribution >= 4 is 5.95 Å². The van der Waals surface area contributed by atoms with E-state index in [0.717, 1.165) is 18.9 Å². The Labute approximate surface area is 114 Å². The van der Waals surface area contributed by atoms with Crippen LogP contribution in [-0.4, -0.2) is 41.1 Å². The van der Waals surface area contributed by atoms with Crippen LogP contribution in [0.3, 0.4) is 0 Å². The van der Waals surface area contributed by atoms with Gasteiger partial charge in [0.15, 0.2) is 5.69 Å². The van der Waals surface area contributed by atoms with E-state index in [1.54, 1.807) is 0 Å². The zero-order valence-electron chi connectivity index (χ0n) is 10.9. The molecule has 1 aliphatic carbocycles. The topological polar surface area (TPSA) is 76.3 Å². The van der Waals surface area contributed by atoms with Crippen LogP contribution in [0.5, 0.6) is 5.88 Å². The minimum Gasteiger partial charge on any atom is -0.476 e. The summed E-state index contributed by atoms with van der Waals surface area (Å²) in [6.07, 6.45) is -2.26. The van der Waals surface area contributed by atoms with Crippen molar-refractivity contribution < 1.29 is 17.9 Å². The van der Waals surface area contributed by atoms with Gasteiger partial charge in [-0.3, -0.25) is 5.43 Å². The predicted molar refractivity (Wildman–Crippen MR) is 66.0 cm³/mol. The number of aromatic nitrogens is 2. The molecule has 0 spiro atoms. The standard InChI is InChI=1S/C11H16F3N5O/c1-19(7-2-3-7)4-5-20-9-6-8(11(12,13)14)16-10(17-9)18-15/h6-7H,2-5,15H2,1H3,(H,16,17,18). The molecule has 2 rings (SSSR count). The number of anilines is 1. The molecule has 6 nitrogen and oxygen atoms in total. The molecule has 112 valence electrons. The summed E-state index contributed by atoms with van der Waals surface area (Å²) >= 11 is 0.